The first kappa shape index (κ1) is 14.2. The molecule has 1 aromatic carbocycles. The molecule has 5 heteroatoms. The highest BCUT2D eigenvalue weighted by Gasteiger charge is 2.16. The van der Waals surface area contributed by atoms with Crippen LogP contribution in [0.25, 0.3) is 0 Å². The summed E-state index contributed by atoms with van der Waals surface area (Å²) < 4.78 is 12.9. The molecule has 98 valence electrons. The molecule has 1 rings (SSSR count). The van der Waals surface area contributed by atoms with Crippen LogP contribution in [0.2, 0.25) is 0 Å². The number of nitrogens with one attached hydrogen (secondary N) is 2. The topological polar surface area (TPSA) is 58.2 Å². The van der Waals surface area contributed by atoms with Crippen LogP contribution in [0, 0.1) is 5.82 Å². The highest BCUT2D eigenvalue weighted by Crippen LogP contribution is 2.03. The van der Waals surface area contributed by atoms with Crippen LogP contribution in [0.4, 0.5) is 4.39 Å². The van der Waals surface area contributed by atoms with Gasteiger partial charge in [0.1, 0.15) is 11.9 Å². The van der Waals surface area contributed by atoms with E-state index < -0.39 is 17.8 Å². The number of carbonyl (C=O) groups is 2. The standard InChI is InChI=1S/C13H17FN2O2/c1-3-7-15-12(17)9(2)16-13(18)10-5-4-6-11(14)8-10/h4-6,8-9H,3,7H2,1-2H3,(H,15,17)(H,16,18). The van der Waals surface area contributed by atoms with Crippen molar-refractivity contribution >= 4 is 11.8 Å². The second-order valence-electron chi connectivity index (χ2n) is 4.00. The van der Waals surface area contributed by atoms with Crippen LogP contribution < -0.4 is 10.6 Å². The van der Waals surface area contributed by atoms with Gasteiger partial charge in [0.25, 0.3) is 5.91 Å². The summed E-state index contributed by atoms with van der Waals surface area (Å²) in [5.41, 5.74) is 0.199. The fourth-order valence-corrected chi connectivity index (χ4v) is 1.38. The quantitative estimate of drug-likeness (QED) is 0.833. The Kier molecular flexibility index (Phi) is 5.30. The number of hydrogen-bond acceptors (Lipinski definition) is 2. The largest absolute Gasteiger partial charge is 0.354 e. The van der Waals surface area contributed by atoms with Crippen molar-refractivity contribution in [1.82, 2.24) is 10.6 Å². The first-order chi connectivity index (χ1) is 8.54. The Bertz CT molecular complexity index is 435. The molecule has 1 atom stereocenters. The van der Waals surface area contributed by atoms with Crippen LogP contribution in [0.1, 0.15) is 30.6 Å². The lowest BCUT2D eigenvalue weighted by Gasteiger charge is -2.13. The van der Waals surface area contributed by atoms with Crippen molar-refractivity contribution in [3.8, 4) is 0 Å². The van der Waals surface area contributed by atoms with Crippen molar-refractivity contribution in [1.29, 1.82) is 0 Å². The zero-order valence-corrected chi connectivity index (χ0v) is 10.5. The molecule has 1 unspecified atom stereocenters. The Morgan fingerprint density at radius 2 is 2.11 bits per heavy atom. The highest BCUT2D eigenvalue weighted by molar-refractivity contribution is 5.97. The predicted molar refractivity (Wildman–Crippen MR) is 66.6 cm³/mol. The van der Waals surface area contributed by atoms with Crippen molar-refractivity contribution in [2.24, 2.45) is 0 Å². The van der Waals surface area contributed by atoms with Gasteiger partial charge in [-0.1, -0.05) is 13.0 Å². The first-order valence-electron chi connectivity index (χ1n) is 5.88. The van der Waals surface area contributed by atoms with Crippen molar-refractivity contribution in [2.75, 3.05) is 6.54 Å². The van der Waals surface area contributed by atoms with Gasteiger partial charge >= 0.3 is 0 Å². The third-order valence-electron chi connectivity index (χ3n) is 2.38. The highest BCUT2D eigenvalue weighted by atomic mass is 19.1. The summed E-state index contributed by atoms with van der Waals surface area (Å²) in [6, 6.07) is 4.69. The van der Waals surface area contributed by atoms with Gasteiger partial charge in [-0.05, 0) is 31.5 Å². The number of carbonyl (C=O) groups excluding carboxylic acids is 2. The molecule has 0 aliphatic heterocycles. The number of amides is 2. The molecule has 0 aliphatic rings. The van der Waals surface area contributed by atoms with Gasteiger partial charge in [0.05, 0.1) is 0 Å². The van der Waals surface area contributed by atoms with E-state index in [0.717, 1.165) is 12.5 Å². The van der Waals surface area contributed by atoms with E-state index in [0.29, 0.717) is 6.54 Å². The monoisotopic (exact) mass is 252 g/mol. The molecule has 0 saturated heterocycles. The number of benzene rings is 1. The van der Waals surface area contributed by atoms with Crippen LogP contribution in [0.5, 0.6) is 0 Å². The molecular formula is C13H17FN2O2. The number of rotatable bonds is 5. The van der Waals surface area contributed by atoms with Crippen molar-refractivity contribution in [2.45, 2.75) is 26.3 Å². The lowest BCUT2D eigenvalue weighted by Crippen LogP contribution is -2.45. The normalized spacial score (nSPS) is 11.7. The zero-order valence-electron chi connectivity index (χ0n) is 10.5. The number of hydrogen-bond donors (Lipinski definition) is 2. The minimum Gasteiger partial charge on any atom is -0.354 e. The Hall–Kier alpha value is -1.91. The molecule has 0 saturated carbocycles. The summed E-state index contributed by atoms with van der Waals surface area (Å²) >= 11 is 0. The molecule has 1 aromatic rings. The molecule has 0 aliphatic carbocycles. The zero-order chi connectivity index (χ0) is 13.5. The third-order valence-corrected chi connectivity index (χ3v) is 2.38. The van der Waals surface area contributed by atoms with Gasteiger partial charge in [0.15, 0.2) is 0 Å². The van der Waals surface area contributed by atoms with Gasteiger partial charge in [-0.15, -0.1) is 0 Å². The van der Waals surface area contributed by atoms with Gasteiger partial charge in [-0.3, -0.25) is 9.59 Å². The SMILES string of the molecule is CCCNC(=O)C(C)NC(=O)c1cccc(F)c1. The fourth-order valence-electron chi connectivity index (χ4n) is 1.38. The van der Waals surface area contributed by atoms with Crippen molar-refractivity contribution < 1.29 is 14.0 Å². The van der Waals surface area contributed by atoms with Crippen LogP contribution in [0.3, 0.4) is 0 Å². The Labute approximate surface area is 106 Å². The third kappa shape index (κ3) is 4.16. The van der Waals surface area contributed by atoms with Crippen molar-refractivity contribution in [3.05, 3.63) is 35.6 Å². The lowest BCUT2D eigenvalue weighted by molar-refractivity contribution is -0.122. The second kappa shape index (κ2) is 6.74. The summed E-state index contributed by atoms with van der Waals surface area (Å²) in [4.78, 5) is 23.3. The Morgan fingerprint density at radius 3 is 2.72 bits per heavy atom. The van der Waals surface area contributed by atoms with E-state index >= 15 is 0 Å². The van der Waals surface area contributed by atoms with Gasteiger partial charge in [0.2, 0.25) is 5.91 Å². The smallest absolute Gasteiger partial charge is 0.252 e. The second-order valence-corrected chi connectivity index (χ2v) is 4.00. The summed E-state index contributed by atoms with van der Waals surface area (Å²) in [5, 5.41) is 5.19. The van der Waals surface area contributed by atoms with E-state index in [2.05, 4.69) is 10.6 Å². The summed E-state index contributed by atoms with van der Waals surface area (Å²) in [5.74, 6) is -1.19. The molecule has 0 aromatic heterocycles. The summed E-state index contributed by atoms with van der Waals surface area (Å²) in [7, 11) is 0. The van der Waals surface area contributed by atoms with Crippen molar-refractivity contribution in [3.63, 3.8) is 0 Å². The summed E-state index contributed by atoms with van der Waals surface area (Å²) in [6.07, 6.45) is 0.830. The van der Waals surface area contributed by atoms with Gasteiger partial charge < -0.3 is 10.6 Å². The molecule has 2 amide bonds. The average Bonchev–Trinajstić information content (AvgIpc) is 2.35. The molecule has 0 bridgehead atoms. The average molecular weight is 252 g/mol. The maximum Gasteiger partial charge on any atom is 0.252 e. The first-order valence-corrected chi connectivity index (χ1v) is 5.88. The van der Waals surface area contributed by atoms with Crippen LogP contribution >= 0.6 is 0 Å². The maximum absolute atomic E-state index is 12.9. The van der Waals surface area contributed by atoms with Crippen LogP contribution in [0.15, 0.2) is 24.3 Å². The van der Waals surface area contributed by atoms with E-state index in [4.69, 9.17) is 0 Å². The predicted octanol–water partition coefficient (Wildman–Crippen LogP) is 1.47. The number of halogens is 1. The fraction of sp³-hybridized carbons (Fsp3) is 0.385. The Morgan fingerprint density at radius 1 is 1.39 bits per heavy atom. The molecular weight excluding hydrogens is 235 g/mol. The van der Waals surface area contributed by atoms with Crippen LogP contribution in [-0.4, -0.2) is 24.4 Å². The molecule has 0 fully saturated rings. The molecule has 0 heterocycles. The van der Waals surface area contributed by atoms with Gasteiger partial charge in [-0.2, -0.15) is 0 Å². The van der Waals surface area contributed by atoms with Crippen LogP contribution in [-0.2, 0) is 4.79 Å². The minimum atomic E-state index is -0.646. The molecule has 18 heavy (non-hydrogen) atoms. The van der Waals surface area contributed by atoms with E-state index in [1.807, 2.05) is 6.92 Å². The van der Waals surface area contributed by atoms with E-state index in [9.17, 15) is 14.0 Å². The van der Waals surface area contributed by atoms with Gasteiger partial charge in [-0.25, -0.2) is 4.39 Å². The molecule has 0 radical (unpaired) electrons. The van der Waals surface area contributed by atoms with E-state index in [1.165, 1.54) is 18.2 Å². The van der Waals surface area contributed by atoms with E-state index in [-0.39, 0.29) is 11.5 Å². The molecule has 2 N–H and O–H groups in total. The van der Waals surface area contributed by atoms with Gasteiger partial charge in [0, 0.05) is 12.1 Å². The molecule has 0 spiro atoms. The lowest BCUT2D eigenvalue weighted by atomic mass is 10.2. The maximum atomic E-state index is 12.9. The Balaban J connectivity index is 2.56. The minimum absolute atomic E-state index is 0.199. The molecule has 4 nitrogen and oxygen atoms in total. The summed E-state index contributed by atoms with van der Waals surface area (Å²) in [6.45, 7) is 4.09. The van der Waals surface area contributed by atoms with E-state index in [1.54, 1.807) is 6.92 Å².